The second-order valence-electron chi connectivity index (χ2n) is 5.60. The van der Waals surface area contributed by atoms with Gasteiger partial charge < -0.3 is 10.3 Å². The maximum absolute atomic E-state index is 10.2. The zero-order chi connectivity index (χ0) is 11.2. The van der Waals surface area contributed by atoms with E-state index >= 15 is 0 Å². The van der Waals surface area contributed by atoms with Crippen molar-refractivity contribution in [2.24, 2.45) is 0 Å². The molecule has 2 N–H and O–H groups in total. The Hall–Kier alpha value is -0.380. The summed E-state index contributed by atoms with van der Waals surface area (Å²) in [7, 11) is 0. The number of hydrogen-bond acceptors (Lipinski definition) is 3. The van der Waals surface area contributed by atoms with Crippen molar-refractivity contribution in [2.75, 3.05) is 0 Å². The maximum Gasteiger partial charge on any atom is 0.0861 e. The van der Waals surface area contributed by atoms with E-state index in [2.05, 4.69) is 6.58 Å². The first kappa shape index (κ1) is 11.7. The Labute approximate surface area is 86.0 Å². The molecule has 1 heterocycles. The number of hydrogen-bond donors (Lipinski definition) is 2. The van der Waals surface area contributed by atoms with Gasteiger partial charge in [0.05, 0.1) is 5.60 Å². The average Bonchev–Trinajstić information content (AvgIpc) is 1.99. The highest BCUT2D eigenvalue weighted by atomic mass is 16.5. The van der Waals surface area contributed by atoms with Gasteiger partial charge in [0, 0.05) is 11.1 Å². The minimum absolute atomic E-state index is 0.426. The monoisotopic (exact) mass is 199 g/mol. The number of rotatable bonds is 1. The molecule has 0 amide bonds. The summed E-state index contributed by atoms with van der Waals surface area (Å²) in [5.41, 5.74) is -1.72. The molecular weight excluding hydrogens is 178 g/mol. The molecule has 0 radical (unpaired) electrons. The lowest BCUT2D eigenvalue weighted by molar-refractivity contribution is -0.267. The second-order valence-corrected chi connectivity index (χ2v) is 5.60. The Bertz CT molecular complexity index is 228. The van der Waals surface area contributed by atoms with Crippen molar-refractivity contribution in [2.45, 2.75) is 57.2 Å². The van der Waals surface area contributed by atoms with Crippen LogP contribution in [0.2, 0.25) is 0 Å². The first-order valence-corrected chi connectivity index (χ1v) is 4.98. The van der Waals surface area contributed by atoms with Crippen LogP contribution in [0.25, 0.3) is 0 Å². The van der Waals surface area contributed by atoms with Crippen molar-refractivity contribution in [3.63, 3.8) is 0 Å². The van der Waals surface area contributed by atoms with Crippen LogP contribution in [-0.4, -0.2) is 32.1 Å². The van der Waals surface area contributed by atoms with Crippen molar-refractivity contribution >= 4 is 0 Å². The molecule has 82 valence electrons. The molecule has 0 unspecified atom stereocenters. The van der Waals surface area contributed by atoms with E-state index in [0.29, 0.717) is 12.8 Å². The predicted molar refractivity (Wildman–Crippen MR) is 56.2 cm³/mol. The van der Waals surface area contributed by atoms with Gasteiger partial charge in [0.2, 0.25) is 0 Å². The summed E-state index contributed by atoms with van der Waals surface area (Å²) in [5.74, 6) is 0. The fraction of sp³-hybridized carbons (Fsp3) is 0.818. The first-order valence-electron chi connectivity index (χ1n) is 4.98. The van der Waals surface area contributed by atoms with E-state index in [1.54, 1.807) is 6.08 Å². The fourth-order valence-electron chi connectivity index (χ4n) is 2.67. The van der Waals surface area contributed by atoms with Gasteiger partial charge in [0.1, 0.15) is 0 Å². The molecule has 0 bridgehead atoms. The third-order valence-electron chi connectivity index (χ3n) is 3.00. The highest BCUT2D eigenvalue weighted by Gasteiger charge is 2.50. The van der Waals surface area contributed by atoms with E-state index in [1.165, 1.54) is 5.06 Å². The zero-order valence-electron chi connectivity index (χ0n) is 9.54. The van der Waals surface area contributed by atoms with Crippen LogP contribution in [0, 0.1) is 0 Å². The van der Waals surface area contributed by atoms with Gasteiger partial charge in [-0.3, -0.25) is 0 Å². The first-order chi connectivity index (χ1) is 6.13. The molecular formula is C11H21NO2. The topological polar surface area (TPSA) is 43.7 Å². The Kier molecular flexibility index (Phi) is 2.55. The molecule has 3 nitrogen and oxygen atoms in total. The summed E-state index contributed by atoms with van der Waals surface area (Å²) in [5, 5.41) is 21.5. The molecule has 0 aromatic rings. The third kappa shape index (κ3) is 1.85. The number of piperidine rings is 1. The summed E-state index contributed by atoms with van der Waals surface area (Å²) in [6.45, 7) is 11.3. The number of aliphatic hydroxyl groups is 1. The van der Waals surface area contributed by atoms with Crippen molar-refractivity contribution in [1.29, 1.82) is 0 Å². The summed E-state index contributed by atoms with van der Waals surface area (Å²) in [4.78, 5) is 0. The molecule has 1 aliphatic heterocycles. The molecule has 1 fully saturated rings. The molecule has 0 saturated carbocycles. The Morgan fingerprint density at radius 2 is 1.50 bits per heavy atom. The number of nitrogens with zero attached hydrogens (tertiary/aromatic N) is 1. The van der Waals surface area contributed by atoms with Crippen LogP contribution in [0.5, 0.6) is 0 Å². The molecule has 1 aliphatic rings. The molecule has 0 aliphatic carbocycles. The Morgan fingerprint density at radius 1 is 1.14 bits per heavy atom. The van der Waals surface area contributed by atoms with Gasteiger partial charge in [-0.1, -0.05) is 6.08 Å². The lowest BCUT2D eigenvalue weighted by Crippen LogP contribution is -2.63. The lowest BCUT2D eigenvalue weighted by atomic mass is 9.72. The molecule has 0 aromatic carbocycles. The molecule has 0 atom stereocenters. The van der Waals surface area contributed by atoms with E-state index < -0.39 is 16.7 Å². The normalized spacial score (nSPS) is 29.9. The zero-order valence-corrected chi connectivity index (χ0v) is 9.54. The van der Waals surface area contributed by atoms with E-state index in [1.807, 2.05) is 27.7 Å². The van der Waals surface area contributed by atoms with Crippen LogP contribution in [0.3, 0.4) is 0 Å². The highest BCUT2D eigenvalue weighted by molar-refractivity contribution is 5.10. The van der Waals surface area contributed by atoms with Crippen molar-refractivity contribution in [1.82, 2.24) is 5.06 Å². The summed E-state index contributed by atoms with van der Waals surface area (Å²) in [6, 6.07) is 0. The van der Waals surface area contributed by atoms with Gasteiger partial charge in [-0.05, 0) is 40.5 Å². The van der Waals surface area contributed by atoms with Gasteiger partial charge in [-0.2, -0.15) is 5.06 Å². The standard InChI is InChI=1S/C11H21NO2/c1-6-11(13)7-9(2,3)12(14)10(4,5)8-11/h6,13-14H,1,7-8H2,2-5H3. The largest absolute Gasteiger partial charge is 0.386 e. The minimum Gasteiger partial charge on any atom is -0.386 e. The van der Waals surface area contributed by atoms with Crippen LogP contribution < -0.4 is 0 Å². The van der Waals surface area contributed by atoms with Crippen LogP contribution in [0.1, 0.15) is 40.5 Å². The molecule has 3 heteroatoms. The molecule has 0 spiro atoms. The van der Waals surface area contributed by atoms with Gasteiger partial charge in [-0.25, -0.2) is 0 Å². The molecule has 1 saturated heterocycles. The van der Waals surface area contributed by atoms with E-state index in [4.69, 9.17) is 0 Å². The maximum atomic E-state index is 10.2. The summed E-state index contributed by atoms with van der Waals surface area (Å²) < 4.78 is 0. The van der Waals surface area contributed by atoms with Crippen LogP contribution >= 0.6 is 0 Å². The summed E-state index contributed by atoms with van der Waals surface area (Å²) in [6.07, 6.45) is 2.59. The molecule has 0 aromatic heterocycles. The van der Waals surface area contributed by atoms with Gasteiger partial charge in [0.25, 0.3) is 0 Å². The second kappa shape index (κ2) is 3.05. The number of hydroxylamine groups is 2. The smallest absolute Gasteiger partial charge is 0.0861 e. The van der Waals surface area contributed by atoms with Crippen molar-refractivity contribution < 1.29 is 10.3 Å². The highest BCUT2D eigenvalue weighted by Crippen LogP contribution is 2.42. The van der Waals surface area contributed by atoms with Crippen molar-refractivity contribution in [3.05, 3.63) is 12.7 Å². The van der Waals surface area contributed by atoms with Gasteiger partial charge in [0.15, 0.2) is 0 Å². The molecule has 1 rings (SSSR count). The van der Waals surface area contributed by atoms with Crippen LogP contribution in [-0.2, 0) is 0 Å². The lowest BCUT2D eigenvalue weighted by Gasteiger charge is -2.53. The van der Waals surface area contributed by atoms with Crippen LogP contribution in [0.4, 0.5) is 0 Å². The Balaban J connectivity index is 3.03. The SMILES string of the molecule is C=CC1(O)CC(C)(C)N(O)C(C)(C)C1. The minimum atomic E-state index is -0.869. The third-order valence-corrected chi connectivity index (χ3v) is 3.00. The van der Waals surface area contributed by atoms with Crippen LogP contribution in [0.15, 0.2) is 12.7 Å². The average molecular weight is 199 g/mol. The van der Waals surface area contributed by atoms with E-state index in [9.17, 15) is 10.3 Å². The van der Waals surface area contributed by atoms with Gasteiger partial charge in [-0.15, -0.1) is 6.58 Å². The summed E-state index contributed by atoms with van der Waals surface area (Å²) >= 11 is 0. The predicted octanol–water partition coefficient (Wildman–Crippen LogP) is 1.95. The van der Waals surface area contributed by atoms with E-state index in [-0.39, 0.29) is 0 Å². The van der Waals surface area contributed by atoms with Crippen molar-refractivity contribution in [3.8, 4) is 0 Å². The Morgan fingerprint density at radius 3 is 1.79 bits per heavy atom. The quantitative estimate of drug-likeness (QED) is 0.634. The fourth-order valence-corrected chi connectivity index (χ4v) is 2.67. The molecule has 14 heavy (non-hydrogen) atoms. The van der Waals surface area contributed by atoms with Gasteiger partial charge >= 0.3 is 0 Å². The van der Waals surface area contributed by atoms with E-state index in [0.717, 1.165) is 0 Å².